The number of nitrogens with zero attached hydrogens (tertiary/aromatic N) is 1. The maximum atomic E-state index is 11.8. The molecule has 0 aromatic heterocycles. The third kappa shape index (κ3) is 1.99. The van der Waals surface area contributed by atoms with Crippen molar-refractivity contribution >= 4 is 28.6 Å². The van der Waals surface area contributed by atoms with Gasteiger partial charge in [0.05, 0.1) is 0 Å². The molecule has 0 aliphatic carbocycles. The molecule has 0 saturated carbocycles. The largest absolute Gasteiger partial charge is 0.332 e. The second-order valence-electron chi connectivity index (χ2n) is 3.41. The molecule has 0 atom stereocenters. The van der Waals surface area contributed by atoms with Gasteiger partial charge in [-0.05, 0) is 24.6 Å². The fourth-order valence-electron chi connectivity index (χ4n) is 1.33. The van der Waals surface area contributed by atoms with Gasteiger partial charge in [-0.2, -0.15) is 0 Å². The zero-order valence-electron chi connectivity index (χ0n) is 8.81. The number of fused-ring (bicyclic) bond motifs is 1. The highest BCUT2D eigenvalue weighted by atomic mass is 32.2. The van der Waals surface area contributed by atoms with Crippen molar-refractivity contribution in [1.29, 1.82) is 0 Å². The highest BCUT2D eigenvalue weighted by molar-refractivity contribution is 8.16. The predicted octanol–water partition coefficient (Wildman–Crippen LogP) is 2.16. The molecule has 4 nitrogen and oxygen atoms in total. The summed E-state index contributed by atoms with van der Waals surface area (Å²) in [4.78, 5) is 27.7. The normalized spacial score (nSPS) is 16.4. The topological polar surface area (TPSA) is 55.7 Å². The molecule has 0 saturated heterocycles. The van der Waals surface area contributed by atoms with Crippen LogP contribution in [-0.4, -0.2) is 16.8 Å². The van der Waals surface area contributed by atoms with Crippen LogP contribution in [0.3, 0.4) is 0 Å². The molecule has 1 aliphatic heterocycles. The number of thioether (sulfide) groups is 1. The van der Waals surface area contributed by atoms with Crippen LogP contribution in [0.5, 0.6) is 0 Å². The van der Waals surface area contributed by atoms with Crippen LogP contribution < -0.4 is 0 Å². The SMILES string of the molecule is CC(=O)O/N=C1/Sc2cc(C)ccc2C1=O. The Morgan fingerprint density at radius 3 is 2.88 bits per heavy atom. The Labute approximate surface area is 96.7 Å². The molecule has 0 fully saturated rings. The second-order valence-corrected chi connectivity index (χ2v) is 4.44. The number of benzene rings is 1. The van der Waals surface area contributed by atoms with Crippen LogP contribution in [-0.2, 0) is 9.63 Å². The van der Waals surface area contributed by atoms with Gasteiger partial charge in [0.15, 0.2) is 5.04 Å². The Bertz CT molecular complexity index is 508. The van der Waals surface area contributed by atoms with Gasteiger partial charge in [0.2, 0.25) is 5.78 Å². The number of ketones is 1. The second kappa shape index (κ2) is 4.09. The minimum absolute atomic E-state index is 0.193. The summed E-state index contributed by atoms with van der Waals surface area (Å²) >= 11 is 1.22. The number of rotatable bonds is 1. The van der Waals surface area contributed by atoms with E-state index in [0.29, 0.717) is 5.56 Å². The lowest BCUT2D eigenvalue weighted by Gasteiger charge is -1.95. The van der Waals surface area contributed by atoms with Gasteiger partial charge in [-0.3, -0.25) is 4.79 Å². The molecule has 82 valence electrons. The molecule has 0 N–H and O–H groups in total. The van der Waals surface area contributed by atoms with E-state index in [9.17, 15) is 9.59 Å². The molecule has 1 aromatic rings. The summed E-state index contributed by atoms with van der Waals surface area (Å²) in [7, 11) is 0. The van der Waals surface area contributed by atoms with E-state index in [1.54, 1.807) is 6.07 Å². The maximum absolute atomic E-state index is 11.8. The van der Waals surface area contributed by atoms with Crippen LogP contribution >= 0.6 is 11.8 Å². The van der Waals surface area contributed by atoms with Crippen molar-refractivity contribution in [2.24, 2.45) is 5.16 Å². The number of carbonyl (C=O) groups excluding carboxylic acids is 2. The molecule has 0 spiro atoms. The zero-order valence-corrected chi connectivity index (χ0v) is 9.63. The molecular weight excluding hydrogens is 226 g/mol. The lowest BCUT2D eigenvalue weighted by Crippen LogP contribution is -2.05. The van der Waals surface area contributed by atoms with E-state index in [2.05, 4.69) is 9.99 Å². The van der Waals surface area contributed by atoms with Crippen molar-refractivity contribution in [1.82, 2.24) is 0 Å². The van der Waals surface area contributed by atoms with Gasteiger partial charge in [0.1, 0.15) is 0 Å². The van der Waals surface area contributed by atoms with Gasteiger partial charge in [-0.25, -0.2) is 4.79 Å². The first-order valence-electron chi connectivity index (χ1n) is 4.66. The Hall–Kier alpha value is -1.62. The first kappa shape index (κ1) is 10.9. The van der Waals surface area contributed by atoms with Crippen LogP contribution in [0.15, 0.2) is 28.3 Å². The van der Waals surface area contributed by atoms with Gasteiger partial charge in [0.25, 0.3) is 0 Å². The fourth-order valence-corrected chi connectivity index (χ4v) is 2.33. The number of oxime groups is 1. The van der Waals surface area contributed by atoms with E-state index in [0.717, 1.165) is 10.5 Å². The molecular formula is C11H9NO3S. The molecule has 1 aliphatic rings. The van der Waals surface area contributed by atoms with E-state index in [-0.39, 0.29) is 10.8 Å². The summed E-state index contributed by atoms with van der Waals surface area (Å²) in [5, 5.41) is 3.73. The third-order valence-corrected chi connectivity index (χ3v) is 3.05. The Morgan fingerprint density at radius 2 is 2.19 bits per heavy atom. The first-order chi connectivity index (χ1) is 7.58. The highest BCUT2D eigenvalue weighted by Gasteiger charge is 2.28. The molecule has 0 bridgehead atoms. The Kier molecular flexibility index (Phi) is 2.78. The summed E-state index contributed by atoms with van der Waals surface area (Å²) < 4.78 is 0. The van der Waals surface area contributed by atoms with Crippen molar-refractivity contribution in [3.05, 3.63) is 29.3 Å². The standard InChI is InChI=1S/C11H9NO3S/c1-6-3-4-8-9(5-6)16-11(10(8)14)12-15-7(2)13/h3-5H,1-2H3/b12-11+. The van der Waals surface area contributed by atoms with Gasteiger partial charge in [-0.15, -0.1) is 0 Å². The zero-order chi connectivity index (χ0) is 11.7. The summed E-state index contributed by atoms with van der Waals surface area (Å²) in [6.07, 6.45) is 0. The lowest BCUT2D eigenvalue weighted by molar-refractivity contribution is -0.140. The Balaban J connectivity index is 2.30. The average molecular weight is 235 g/mol. The monoisotopic (exact) mass is 235 g/mol. The molecule has 0 amide bonds. The molecule has 0 unspecified atom stereocenters. The van der Waals surface area contributed by atoms with Gasteiger partial charge >= 0.3 is 5.97 Å². The summed E-state index contributed by atoms with van der Waals surface area (Å²) in [6, 6.07) is 5.54. The summed E-state index contributed by atoms with van der Waals surface area (Å²) in [6.45, 7) is 3.19. The average Bonchev–Trinajstić information content (AvgIpc) is 2.52. The smallest absolute Gasteiger partial charge is 0.317 e. The number of Topliss-reactive ketones (excluding diaryl/α,β-unsaturated/α-hetero) is 1. The molecule has 5 heteroatoms. The van der Waals surface area contributed by atoms with Crippen molar-refractivity contribution in [2.75, 3.05) is 0 Å². The van der Waals surface area contributed by atoms with Crippen molar-refractivity contribution < 1.29 is 14.4 Å². The third-order valence-electron chi connectivity index (χ3n) is 2.04. The number of hydrogen-bond acceptors (Lipinski definition) is 5. The number of aryl methyl sites for hydroxylation is 1. The van der Waals surface area contributed by atoms with Crippen LogP contribution in [0.1, 0.15) is 22.8 Å². The molecule has 1 aromatic carbocycles. The van der Waals surface area contributed by atoms with Crippen LogP contribution in [0, 0.1) is 6.92 Å². The molecule has 0 radical (unpaired) electrons. The van der Waals surface area contributed by atoms with E-state index in [1.807, 2.05) is 19.1 Å². The van der Waals surface area contributed by atoms with Crippen molar-refractivity contribution in [2.45, 2.75) is 18.7 Å². The number of hydrogen-bond donors (Lipinski definition) is 0. The summed E-state index contributed by atoms with van der Waals surface area (Å²) in [5.74, 6) is -0.728. The maximum Gasteiger partial charge on any atom is 0.332 e. The molecule has 16 heavy (non-hydrogen) atoms. The number of carbonyl (C=O) groups is 2. The van der Waals surface area contributed by atoms with Crippen LogP contribution in [0.4, 0.5) is 0 Å². The van der Waals surface area contributed by atoms with Crippen molar-refractivity contribution in [3.8, 4) is 0 Å². The summed E-state index contributed by atoms with van der Waals surface area (Å²) in [5.41, 5.74) is 1.69. The van der Waals surface area contributed by atoms with Crippen LogP contribution in [0.2, 0.25) is 0 Å². The highest BCUT2D eigenvalue weighted by Crippen LogP contribution is 2.34. The van der Waals surface area contributed by atoms with E-state index >= 15 is 0 Å². The van der Waals surface area contributed by atoms with Gasteiger partial charge in [0, 0.05) is 17.4 Å². The fraction of sp³-hybridized carbons (Fsp3) is 0.182. The van der Waals surface area contributed by atoms with E-state index in [4.69, 9.17) is 0 Å². The lowest BCUT2D eigenvalue weighted by atomic mass is 10.1. The van der Waals surface area contributed by atoms with Gasteiger partial charge < -0.3 is 4.84 Å². The minimum Gasteiger partial charge on any atom is -0.317 e. The van der Waals surface area contributed by atoms with Gasteiger partial charge in [-0.1, -0.05) is 23.0 Å². The minimum atomic E-state index is -0.534. The van der Waals surface area contributed by atoms with Crippen molar-refractivity contribution in [3.63, 3.8) is 0 Å². The predicted molar refractivity (Wildman–Crippen MR) is 60.6 cm³/mol. The Morgan fingerprint density at radius 1 is 1.44 bits per heavy atom. The van der Waals surface area contributed by atoms with E-state index < -0.39 is 5.97 Å². The van der Waals surface area contributed by atoms with E-state index in [1.165, 1.54) is 18.7 Å². The quantitative estimate of drug-likeness (QED) is 0.553. The van der Waals surface area contributed by atoms with Crippen LogP contribution in [0.25, 0.3) is 0 Å². The first-order valence-corrected chi connectivity index (χ1v) is 5.48. The molecule has 1 heterocycles. The molecule has 2 rings (SSSR count).